The molecule has 0 aliphatic carbocycles. The average Bonchev–Trinajstić information content (AvgIpc) is 2.25. The van der Waals surface area contributed by atoms with Crippen molar-refractivity contribution in [2.24, 2.45) is 5.92 Å². The summed E-state index contributed by atoms with van der Waals surface area (Å²) in [7, 11) is 0. The molecule has 1 fully saturated rings. The molecular weight excluding hydrogens is 189 g/mol. The third kappa shape index (κ3) is 2.78. The molecule has 0 unspecified atom stereocenters. The van der Waals surface area contributed by atoms with Crippen LogP contribution in [0.5, 0.6) is 0 Å². The SMILES string of the molecule is Cc1ccc(C[C@H]2CCCNC2)cc1F. The smallest absolute Gasteiger partial charge is 0.126 e. The van der Waals surface area contributed by atoms with E-state index in [1.54, 1.807) is 13.0 Å². The summed E-state index contributed by atoms with van der Waals surface area (Å²) in [5, 5.41) is 3.39. The normalized spacial score (nSPS) is 21.6. The van der Waals surface area contributed by atoms with Crippen molar-refractivity contribution in [3.05, 3.63) is 35.1 Å². The van der Waals surface area contributed by atoms with Crippen LogP contribution in [-0.2, 0) is 6.42 Å². The van der Waals surface area contributed by atoms with Gasteiger partial charge in [-0.25, -0.2) is 4.39 Å². The van der Waals surface area contributed by atoms with Gasteiger partial charge >= 0.3 is 0 Å². The Labute approximate surface area is 90.7 Å². The van der Waals surface area contributed by atoms with E-state index in [-0.39, 0.29) is 5.82 Å². The molecule has 0 spiro atoms. The average molecular weight is 207 g/mol. The van der Waals surface area contributed by atoms with Crippen LogP contribution in [0.1, 0.15) is 24.0 Å². The molecule has 0 aromatic heterocycles. The summed E-state index contributed by atoms with van der Waals surface area (Å²) in [5.74, 6) is 0.608. The van der Waals surface area contributed by atoms with Gasteiger partial charge in [0.1, 0.15) is 5.82 Å². The van der Waals surface area contributed by atoms with Gasteiger partial charge in [-0.2, -0.15) is 0 Å². The predicted molar refractivity (Wildman–Crippen MR) is 60.4 cm³/mol. The molecule has 0 radical (unpaired) electrons. The van der Waals surface area contributed by atoms with E-state index >= 15 is 0 Å². The summed E-state index contributed by atoms with van der Waals surface area (Å²) >= 11 is 0. The van der Waals surface area contributed by atoms with Gasteiger partial charge in [-0.05, 0) is 62.4 Å². The van der Waals surface area contributed by atoms with Crippen molar-refractivity contribution in [3.8, 4) is 0 Å². The minimum absolute atomic E-state index is 0.0729. The molecular formula is C13H18FN. The van der Waals surface area contributed by atoms with Crippen molar-refractivity contribution in [1.29, 1.82) is 0 Å². The molecule has 1 aromatic rings. The van der Waals surface area contributed by atoms with Gasteiger partial charge in [-0.1, -0.05) is 12.1 Å². The molecule has 1 aliphatic heterocycles. The van der Waals surface area contributed by atoms with E-state index < -0.39 is 0 Å². The largest absolute Gasteiger partial charge is 0.316 e. The number of rotatable bonds is 2. The van der Waals surface area contributed by atoms with E-state index in [0.717, 1.165) is 30.6 Å². The Morgan fingerprint density at radius 2 is 2.33 bits per heavy atom. The maximum absolute atomic E-state index is 13.3. The Balaban J connectivity index is 2.00. The maximum atomic E-state index is 13.3. The number of aryl methyl sites for hydroxylation is 1. The highest BCUT2D eigenvalue weighted by atomic mass is 19.1. The van der Waals surface area contributed by atoms with Crippen molar-refractivity contribution in [3.63, 3.8) is 0 Å². The van der Waals surface area contributed by atoms with E-state index in [1.807, 2.05) is 12.1 Å². The van der Waals surface area contributed by atoms with Gasteiger partial charge in [-0.15, -0.1) is 0 Å². The van der Waals surface area contributed by atoms with E-state index in [2.05, 4.69) is 5.32 Å². The first-order valence-electron chi connectivity index (χ1n) is 5.71. The van der Waals surface area contributed by atoms with Gasteiger partial charge in [0.25, 0.3) is 0 Å². The minimum atomic E-state index is -0.0729. The van der Waals surface area contributed by atoms with Crippen LogP contribution in [0.15, 0.2) is 18.2 Å². The zero-order valence-electron chi connectivity index (χ0n) is 9.22. The lowest BCUT2D eigenvalue weighted by molar-refractivity contribution is 0.375. The topological polar surface area (TPSA) is 12.0 Å². The van der Waals surface area contributed by atoms with Crippen molar-refractivity contribution in [2.45, 2.75) is 26.2 Å². The Kier molecular flexibility index (Phi) is 3.37. The van der Waals surface area contributed by atoms with Gasteiger partial charge in [0.15, 0.2) is 0 Å². The van der Waals surface area contributed by atoms with E-state index in [0.29, 0.717) is 5.92 Å². The highest BCUT2D eigenvalue weighted by Gasteiger charge is 2.13. The number of halogens is 1. The van der Waals surface area contributed by atoms with Crippen molar-refractivity contribution in [2.75, 3.05) is 13.1 Å². The molecule has 1 nitrogen and oxygen atoms in total. The van der Waals surface area contributed by atoms with Crippen LogP contribution in [-0.4, -0.2) is 13.1 Å². The Bertz CT molecular complexity index is 329. The second-order valence-electron chi connectivity index (χ2n) is 4.50. The lowest BCUT2D eigenvalue weighted by Crippen LogP contribution is -2.30. The molecule has 1 saturated heterocycles. The zero-order chi connectivity index (χ0) is 10.7. The minimum Gasteiger partial charge on any atom is -0.316 e. The highest BCUT2D eigenvalue weighted by Crippen LogP contribution is 2.18. The third-order valence-corrected chi connectivity index (χ3v) is 3.16. The molecule has 0 amide bonds. The second kappa shape index (κ2) is 4.75. The summed E-state index contributed by atoms with van der Waals surface area (Å²) < 4.78 is 13.3. The van der Waals surface area contributed by atoms with Gasteiger partial charge in [0, 0.05) is 0 Å². The van der Waals surface area contributed by atoms with E-state index in [1.165, 1.54) is 12.8 Å². The zero-order valence-corrected chi connectivity index (χ0v) is 9.22. The van der Waals surface area contributed by atoms with Crippen LogP contribution in [0, 0.1) is 18.7 Å². The molecule has 0 saturated carbocycles. The molecule has 82 valence electrons. The predicted octanol–water partition coefficient (Wildman–Crippen LogP) is 2.68. The van der Waals surface area contributed by atoms with Gasteiger partial charge in [-0.3, -0.25) is 0 Å². The lowest BCUT2D eigenvalue weighted by atomic mass is 9.92. The highest BCUT2D eigenvalue weighted by molar-refractivity contribution is 5.23. The quantitative estimate of drug-likeness (QED) is 0.786. The van der Waals surface area contributed by atoms with Crippen LogP contribution in [0.3, 0.4) is 0 Å². The third-order valence-electron chi connectivity index (χ3n) is 3.16. The van der Waals surface area contributed by atoms with Crippen molar-refractivity contribution >= 4 is 0 Å². The first-order valence-corrected chi connectivity index (χ1v) is 5.71. The lowest BCUT2D eigenvalue weighted by Gasteiger charge is -2.22. The summed E-state index contributed by atoms with van der Waals surface area (Å²) in [6.07, 6.45) is 3.52. The Hall–Kier alpha value is -0.890. The number of hydrogen-bond acceptors (Lipinski definition) is 1. The number of hydrogen-bond donors (Lipinski definition) is 1. The molecule has 1 atom stereocenters. The molecule has 2 heteroatoms. The number of nitrogens with one attached hydrogen (secondary N) is 1. The molecule has 1 heterocycles. The summed E-state index contributed by atoms with van der Waals surface area (Å²) in [5.41, 5.74) is 1.87. The Morgan fingerprint density at radius 3 is 3.00 bits per heavy atom. The summed E-state index contributed by atoms with van der Waals surface area (Å²) in [6, 6.07) is 5.61. The fraction of sp³-hybridized carbons (Fsp3) is 0.538. The molecule has 1 N–H and O–H groups in total. The van der Waals surface area contributed by atoms with Gasteiger partial charge in [0.2, 0.25) is 0 Å². The second-order valence-corrected chi connectivity index (χ2v) is 4.50. The van der Waals surface area contributed by atoms with Crippen LogP contribution in [0.4, 0.5) is 4.39 Å². The van der Waals surface area contributed by atoms with Crippen LogP contribution < -0.4 is 5.32 Å². The Morgan fingerprint density at radius 1 is 1.47 bits per heavy atom. The fourth-order valence-electron chi connectivity index (χ4n) is 2.19. The number of benzene rings is 1. The number of piperidine rings is 1. The van der Waals surface area contributed by atoms with E-state index in [4.69, 9.17) is 0 Å². The van der Waals surface area contributed by atoms with E-state index in [9.17, 15) is 4.39 Å². The van der Waals surface area contributed by atoms with Crippen molar-refractivity contribution < 1.29 is 4.39 Å². The first kappa shape index (κ1) is 10.6. The molecule has 2 rings (SSSR count). The van der Waals surface area contributed by atoms with Crippen molar-refractivity contribution in [1.82, 2.24) is 5.32 Å². The molecule has 0 bridgehead atoms. The standard InChI is InChI=1S/C13H18FN/c1-10-4-5-11(8-13(10)14)7-12-3-2-6-15-9-12/h4-5,8,12,15H,2-3,6-7,9H2,1H3/t12-/m1/s1. The monoisotopic (exact) mass is 207 g/mol. The van der Waals surface area contributed by atoms with Gasteiger partial charge in [0.05, 0.1) is 0 Å². The molecule has 1 aliphatic rings. The van der Waals surface area contributed by atoms with Crippen LogP contribution >= 0.6 is 0 Å². The maximum Gasteiger partial charge on any atom is 0.126 e. The summed E-state index contributed by atoms with van der Waals surface area (Å²) in [4.78, 5) is 0. The fourth-order valence-corrected chi connectivity index (χ4v) is 2.19. The molecule has 15 heavy (non-hydrogen) atoms. The van der Waals surface area contributed by atoms with Gasteiger partial charge < -0.3 is 5.32 Å². The van der Waals surface area contributed by atoms with Crippen LogP contribution in [0.2, 0.25) is 0 Å². The van der Waals surface area contributed by atoms with Crippen LogP contribution in [0.25, 0.3) is 0 Å². The summed E-state index contributed by atoms with van der Waals surface area (Å²) in [6.45, 7) is 4.02. The molecule has 1 aromatic carbocycles. The first-order chi connectivity index (χ1) is 7.25.